The van der Waals surface area contributed by atoms with Gasteiger partial charge in [-0.3, -0.25) is 14.4 Å². The molecule has 0 amide bonds. The molecule has 7 nitrogen and oxygen atoms in total. The Bertz CT molecular complexity index is 415. The third kappa shape index (κ3) is 11.1. The van der Waals surface area contributed by atoms with Crippen LogP contribution in [0.1, 0.15) is 23.2 Å². The first-order chi connectivity index (χ1) is 9.22. The zero-order valence-corrected chi connectivity index (χ0v) is 12.0. The summed E-state index contributed by atoms with van der Waals surface area (Å²) in [5.41, 5.74) is 3.37. The average Bonchev–Trinajstić information content (AvgIpc) is 2.35. The minimum Gasteiger partial charge on any atom is -0.481 e. The van der Waals surface area contributed by atoms with E-state index in [1.165, 1.54) is 18.5 Å². The maximum atomic E-state index is 10.2. The second-order valence-corrected chi connectivity index (χ2v) is 4.96. The van der Waals surface area contributed by atoms with Gasteiger partial charge in [-0.15, -0.1) is 0 Å². The molecule has 0 aliphatic carbocycles. The fraction of sp³-hybridized carbons (Fsp3) is 0.462. The predicted octanol–water partition coefficient (Wildman–Crippen LogP) is 0.842. The first kappa shape index (κ1) is 18.0. The van der Waals surface area contributed by atoms with E-state index < -0.39 is 11.9 Å². The average molecular weight is 284 g/mol. The zero-order valence-electron chi connectivity index (χ0n) is 12.0. The number of aromatic nitrogens is 1. The molecule has 1 aromatic rings. The van der Waals surface area contributed by atoms with E-state index in [0.717, 1.165) is 6.54 Å². The number of aliphatic carboxylic acids is 1. The van der Waals surface area contributed by atoms with E-state index in [2.05, 4.69) is 10.4 Å². The molecule has 0 radical (unpaired) electrons. The molecule has 7 heteroatoms. The molecule has 0 aliphatic heterocycles. The number of hydrogen-bond donors (Lipinski definition) is 3. The number of carboxylic acids is 2. The molecule has 20 heavy (non-hydrogen) atoms. The Labute approximate surface area is 118 Å². The fourth-order valence-corrected chi connectivity index (χ4v) is 1.14. The summed E-state index contributed by atoms with van der Waals surface area (Å²) in [5.74, 6) is -1.67. The number of carboxylic acid groups (broad SMARTS) is 2. The SMILES string of the molecule is C[N+](C)(C)NCCCC(=O)O.O=C(O)c1cccnc1. The lowest BCUT2D eigenvalue weighted by Crippen LogP contribution is -2.48. The molecule has 0 spiro atoms. The highest BCUT2D eigenvalue weighted by atomic mass is 16.4. The third-order valence-electron chi connectivity index (χ3n) is 2.06. The lowest BCUT2D eigenvalue weighted by molar-refractivity contribution is -0.915. The summed E-state index contributed by atoms with van der Waals surface area (Å²) in [6.07, 6.45) is 3.77. The number of hydrogen-bond acceptors (Lipinski definition) is 4. The van der Waals surface area contributed by atoms with Crippen molar-refractivity contribution in [2.75, 3.05) is 27.7 Å². The smallest absolute Gasteiger partial charge is 0.337 e. The molecule has 1 aromatic heterocycles. The van der Waals surface area contributed by atoms with Crippen molar-refractivity contribution in [2.45, 2.75) is 12.8 Å². The summed E-state index contributed by atoms with van der Waals surface area (Å²) in [6.45, 7) is 0.746. The first-order valence-electron chi connectivity index (χ1n) is 6.14. The van der Waals surface area contributed by atoms with E-state index in [0.29, 0.717) is 11.0 Å². The van der Waals surface area contributed by atoms with Crippen LogP contribution in [-0.4, -0.2) is 59.4 Å². The van der Waals surface area contributed by atoms with Crippen LogP contribution in [0.25, 0.3) is 0 Å². The number of aromatic carboxylic acids is 1. The molecule has 0 fully saturated rings. The topological polar surface area (TPSA) is 99.5 Å². The van der Waals surface area contributed by atoms with Crippen molar-refractivity contribution in [2.24, 2.45) is 0 Å². The molecule has 3 N–H and O–H groups in total. The van der Waals surface area contributed by atoms with Crippen molar-refractivity contribution >= 4 is 11.9 Å². The Kier molecular flexibility index (Phi) is 8.10. The molecular formula is C13H22N3O4+. The van der Waals surface area contributed by atoms with Crippen LogP contribution >= 0.6 is 0 Å². The Morgan fingerprint density at radius 3 is 2.30 bits per heavy atom. The van der Waals surface area contributed by atoms with Crippen LogP contribution in [0, 0.1) is 0 Å². The number of carbonyl (C=O) groups is 2. The molecule has 0 saturated carbocycles. The van der Waals surface area contributed by atoms with Gasteiger partial charge in [0.25, 0.3) is 0 Å². The summed E-state index contributed by atoms with van der Waals surface area (Å²) in [4.78, 5) is 23.9. The summed E-state index contributed by atoms with van der Waals surface area (Å²) < 4.78 is 0.666. The summed E-state index contributed by atoms with van der Waals surface area (Å²) in [5, 5.41) is 16.7. The van der Waals surface area contributed by atoms with Crippen molar-refractivity contribution in [1.82, 2.24) is 10.4 Å². The second kappa shape index (κ2) is 9.00. The van der Waals surface area contributed by atoms with Crippen LogP contribution in [-0.2, 0) is 4.79 Å². The fourth-order valence-electron chi connectivity index (χ4n) is 1.14. The molecule has 0 aromatic carbocycles. The molecule has 0 bridgehead atoms. The van der Waals surface area contributed by atoms with Crippen LogP contribution in [0.3, 0.4) is 0 Å². The number of pyridine rings is 1. The highest BCUT2D eigenvalue weighted by Gasteiger charge is 2.05. The van der Waals surface area contributed by atoms with Gasteiger partial charge < -0.3 is 10.2 Å². The molecule has 112 valence electrons. The quantitative estimate of drug-likeness (QED) is 0.407. The van der Waals surface area contributed by atoms with Gasteiger partial charge in [0.1, 0.15) is 0 Å². The van der Waals surface area contributed by atoms with Crippen LogP contribution in [0.4, 0.5) is 0 Å². The van der Waals surface area contributed by atoms with Crippen molar-refractivity contribution in [3.05, 3.63) is 30.1 Å². The van der Waals surface area contributed by atoms with E-state index in [4.69, 9.17) is 10.2 Å². The van der Waals surface area contributed by atoms with Gasteiger partial charge in [0.05, 0.1) is 26.7 Å². The lowest BCUT2D eigenvalue weighted by atomic mass is 10.3. The number of nitrogens with one attached hydrogen (secondary N) is 1. The van der Waals surface area contributed by atoms with E-state index in [1.54, 1.807) is 6.07 Å². The Balaban J connectivity index is 0.000000367. The van der Waals surface area contributed by atoms with Crippen LogP contribution in [0.5, 0.6) is 0 Å². The summed E-state index contributed by atoms with van der Waals surface area (Å²) in [7, 11) is 6.00. The minimum absolute atomic E-state index is 0.220. The van der Waals surface area contributed by atoms with Gasteiger partial charge in [0.2, 0.25) is 0 Å². The van der Waals surface area contributed by atoms with Crippen LogP contribution in [0.15, 0.2) is 24.5 Å². The Hall–Kier alpha value is -1.99. The zero-order chi connectivity index (χ0) is 15.6. The third-order valence-corrected chi connectivity index (χ3v) is 2.06. The van der Waals surface area contributed by atoms with E-state index >= 15 is 0 Å². The molecule has 0 atom stereocenters. The van der Waals surface area contributed by atoms with E-state index in [1.807, 2.05) is 21.1 Å². The number of rotatable bonds is 6. The first-order valence-corrected chi connectivity index (χ1v) is 6.14. The molecule has 0 aliphatic rings. The van der Waals surface area contributed by atoms with E-state index in [9.17, 15) is 9.59 Å². The highest BCUT2D eigenvalue weighted by Crippen LogP contribution is 1.93. The monoisotopic (exact) mass is 284 g/mol. The summed E-state index contributed by atoms with van der Waals surface area (Å²) >= 11 is 0. The van der Waals surface area contributed by atoms with Crippen molar-refractivity contribution in [3.8, 4) is 0 Å². The standard InChI is InChI=1S/C7H16N2O2.C6H5NO2/c1-9(2,3)8-6-4-5-7(10)11;8-6(9)5-2-1-3-7-4-5/h8H,4-6H2,1-3H3;1-4H,(H,8,9)/p+1. The van der Waals surface area contributed by atoms with Crippen molar-refractivity contribution < 1.29 is 24.4 Å². The maximum Gasteiger partial charge on any atom is 0.337 e. The largest absolute Gasteiger partial charge is 0.481 e. The van der Waals surface area contributed by atoms with Crippen molar-refractivity contribution in [3.63, 3.8) is 0 Å². The van der Waals surface area contributed by atoms with E-state index in [-0.39, 0.29) is 12.0 Å². The molecular weight excluding hydrogens is 262 g/mol. The maximum absolute atomic E-state index is 10.2. The van der Waals surface area contributed by atoms with Crippen molar-refractivity contribution in [1.29, 1.82) is 0 Å². The van der Waals surface area contributed by atoms with Gasteiger partial charge in [-0.05, 0) is 18.6 Å². The Morgan fingerprint density at radius 2 is 1.95 bits per heavy atom. The van der Waals surface area contributed by atoms with Gasteiger partial charge in [0, 0.05) is 25.4 Å². The highest BCUT2D eigenvalue weighted by molar-refractivity contribution is 5.86. The summed E-state index contributed by atoms with van der Waals surface area (Å²) in [6, 6.07) is 3.08. The van der Waals surface area contributed by atoms with Crippen LogP contribution in [0.2, 0.25) is 0 Å². The number of nitrogens with zero attached hydrogens (tertiary/aromatic N) is 2. The van der Waals surface area contributed by atoms with Gasteiger partial charge in [-0.1, -0.05) is 0 Å². The normalized spacial score (nSPS) is 10.3. The molecule has 0 saturated heterocycles. The number of quaternary nitrogens is 1. The van der Waals surface area contributed by atoms with Gasteiger partial charge in [0.15, 0.2) is 0 Å². The predicted molar refractivity (Wildman–Crippen MR) is 74.1 cm³/mol. The Morgan fingerprint density at radius 1 is 1.30 bits per heavy atom. The molecule has 1 heterocycles. The lowest BCUT2D eigenvalue weighted by Gasteiger charge is -2.23. The molecule has 0 unspecified atom stereocenters. The van der Waals surface area contributed by atoms with Gasteiger partial charge in [-0.25, -0.2) is 4.79 Å². The van der Waals surface area contributed by atoms with Gasteiger partial charge in [-0.2, -0.15) is 5.43 Å². The second-order valence-electron chi connectivity index (χ2n) is 4.96. The molecule has 1 rings (SSSR count). The van der Waals surface area contributed by atoms with Gasteiger partial charge >= 0.3 is 11.9 Å². The minimum atomic E-state index is -0.942. The van der Waals surface area contributed by atoms with Crippen LogP contribution < -0.4 is 5.43 Å².